The van der Waals surface area contributed by atoms with Gasteiger partial charge in [-0.25, -0.2) is 0 Å². The summed E-state index contributed by atoms with van der Waals surface area (Å²) in [4.78, 5) is 12.2. The maximum atomic E-state index is 12.2. The maximum absolute atomic E-state index is 12.2. The highest BCUT2D eigenvalue weighted by atomic mass is 16.3. The smallest absolute Gasteiger partial charge is 0.220 e. The molecule has 0 aromatic rings. The van der Waals surface area contributed by atoms with Crippen LogP contribution in [0.1, 0.15) is 187 Å². The van der Waals surface area contributed by atoms with E-state index in [0.717, 1.165) is 96.3 Å². The van der Waals surface area contributed by atoms with Crippen LogP contribution in [0.5, 0.6) is 0 Å². The lowest BCUT2D eigenvalue weighted by molar-refractivity contribution is -0.123. The van der Waals surface area contributed by atoms with Gasteiger partial charge in [-0.3, -0.25) is 4.79 Å². The van der Waals surface area contributed by atoms with Gasteiger partial charge in [0.05, 0.1) is 18.8 Å². The van der Waals surface area contributed by atoms with Crippen molar-refractivity contribution in [2.75, 3.05) is 6.61 Å². The van der Waals surface area contributed by atoms with Gasteiger partial charge in [-0.15, -0.1) is 0 Å². The monoisotopic (exact) mass is 760 g/mol. The zero-order chi connectivity index (χ0) is 40.0. The summed E-state index contributed by atoms with van der Waals surface area (Å²) >= 11 is 0. The van der Waals surface area contributed by atoms with E-state index in [-0.39, 0.29) is 12.5 Å². The van der Waals surface area contributed by atoms with Crippen LogP contribution in [-0.2, 0) is 4.79 Å². The van der Waals surface area contributed by atoms with E-state index in [0.29, 0.717) is 12.8 Å². The average molecular weight is 760 g/mol. The number of aliphatic hydroxyl groups is 2. The molecule has 3 N–H and O–H groups in total. The van der Waals surface area contributed by atoms with Crippen molar-refractivity contribution in [3.8, 4) is 0 Å². The third-order valence-corrected chi connectivity index (χ3v) is 9.55. The lowest BCUT2D eigenvalue weighted by atomic mass is 10.0. The molecule has 2 atom stereocenters. The van der Waals surface area contributed by atoms with Gasteiger partial charge >= 0.3 is 0 Å². The first-order valence-corrected chi connectivity index (χ1v) is 22.6. The van der Waals surface area contributed by atoms with Crippen LogP contribution < -0.4 is 5.32 Å². The van der Waals surface area contributed by atoms with E-state index in [9.17, 15) is 15.0 Å². The molecule has 0 spiro atoms. The molecule has 2 unspecified atom stereocenters. The molecule has 0 bridgehead atoms. The number of carbonyl (C=O) groups is 1. The van der Waals surface area contributed by atoms with Gasteiger partial charge < -0.3 is 15.5 Å². The Labute approximate surface area is 340 Å². The summed E-state index contributed by atoms with van der Waals surface area (Å²) in [6.07, 6.45) is 69.4. The van der Waals surface area contributed by atoms with E-state index < -0.39 is 12.1 Å². The number of carbonyl (C=O) groups excluding carboxylic acids is 1. The topological polar surface area (TPSA) is 69.6 Å². The van der Waals surface area contributed by atoms with Crippen LogP contribution in [0.3, 0.4) is 0 Å². The first-order valence-electron chi connectivity index (χ1n) is 22.6. The fraction of sp³-hybridized carbons (Fsp3) is 0.627. The predicted molar refractivity (Wildman–Crippen MR) is 243 cm³/mol. The summed E-state index contributed by atoms with van der Waals surface area (Å²) in [5, 5.41) is 22.7. The first kappa shape index (κ1) is 52.0. The highest BCUT2D eigenvalue weighted by Crippen LogP contribution is 2.14. The van der Waals surface area contributed by atoms with Crippen molar-refractivity contribution in [2.24, 2.45) is 0 Å². The molecule has 1 amide bonds. The zero-order valence-corrected chi connectivity index (χ0v) is 35.6. The number of hydrogen-bond acceptors (Lipinski definition) is 3. The molecular weight excluding hydrogens is 675 g/mol. The minimum atomic E-state index is -0.662. The average Bonchev–Trinajstić information content (AvgIpc) is 3.19. The molecule has 0 aromatic heterocycles. The Hall–Kier alpha value is -2.95. The molecule has 312 valence electrons. The number of allylic oxidation sites excluding steroid dienone is 18. The number of nitrogens with one attached hydrogen (secondary N) is 1. The van der Waals surface area contributed by atoms with Gasteiger partial charge in [-0.2, -0.15) is 0 Å². The van der Waals surface area contributed by atoms with E-state index in [1.807, 2.05) is 0 Å². The molecule has 0 radical (unpaired) electrons. The lowest BCUT2D eigenvalue weighted by Gasteiger charge is -2.22. The van der Waals surface area contributed by atoms with Crippen molar-refractivity contribution in [1.82, 2.24) is 5.32 Å². The number of hydrogen-bond donors (Lipinski definition) is 3. The van der Waals surface area contributed by atoms with Crippen LogP contribution in [0, 0.1) is 0 Å². The Balaban J connectivity index is 3.54. The van der Waals surface area contributed by atoms with Crippen molar-refractivity contribution in [3.63, 3.8) is 0 Å². The van der Waals surface area contributed by atoms with Gasteiger partial charge in [0.15, 0.2) is 0 Å². The van der Waals surface area contributed by atoms with Gasteiger partial charge in [-0.05, 0) is 83.5 Å². The standard InChI is InChI=1S/C51H85NO3/c1-3-5-7-9-10-11-12-13-14-15-16-17-18-19-20-21-22-23-24-25-26-27-28-29-30-31-32-33-34-35-36-37-38-39-40-41-42-43-45-47-51(55)52-49(48-53)50(54)46-44-8-6-4-2/h5,7,10-11,13-14,16-17,19-20,22-23,25-26,28-29,31-32,49-50,53-54H,3-4,6,8-9,12,15,18,21,24,27,30,33-48H2,1-2H3,(H,52,55)/b7-5-,11-10-,14-13-,17-16-,20-19-,23-22-,26-25-,29-28-,32-31-. The normalized spacial score (nSPS) is 14.0. The summed E-state index contributed by atoms with van der Waals surface area (Å²) in [5.74, 6) is -0.0497. The molecule has 0 aliphatic rings. The molecule has 55 heavy (non-hydrogen) atoms. The second-order valence-corrected chi connectivity index (χ2v) is 14.7. The summed E-state index contributed by atoms with van der Waals surface area (Å²) in [5.41, 5.74) is 0. The summed E-state index contributed by atoms with van der Waals surface area (Å²) in [6, 6.07) is -0.539. The van der Waals surface area contributed by atoms with Crippen LogP contribution in [-0.4, -0.2) is 34.9 Å². The third kappa shape index (κ3) is 42.0. The largest absolute Gasteiger partial charge is 0.394 e. The van der Waals surface area contributed by atoms with Crippen LogP contribution >= 0.6 is 0 Å². The van der Waals surface area contributed by atoms with E-state index in [1.165, 1.54) is 64.2 Å². The second kappa shape index (κ2) is 45.4. The highest BCUT2D eigenvalue weighted by Gasteiger charge is 2.19. The predicted octanol–water partition coefficient (Wildman–Crippen LogP) is 14.4. The quantitative estimate of drug-likeness (QED) is 0.0432. The minimum absolute atomic E-state index is 0.0497. The highest BCUT2D eigenvalue weighted by molar-refractivity contribution is 5.76. The van der Waals surface area contributed by atoms with Crippen LogP contribution in [0.25, 0.3) is 0 Å². The molecule has 0 aliphatic heterocycles. The fourth-order valence-corrected chi connectivity index (χ4v) is 6.12. The third-order valence-electron chi connectivity index (χ3n) is 9.55. The lowest BCUT2D eigenvalue weighted by Crippen LogP contribution is -2.45. The Kier molecular flexibility index (Phi) is 43.0. The molecule has 0 rings (SSSR count). The SMILES string of the molecule is CC/C=C\C/C=C\C/C=C\C/C=C\C/C=C\C/C=C\C/C=C\C/C=C\C/C=C\CCCCCCCCCCCCCC(=O)NC(CO)C(O)CCCCCC. The molecule has 4 nitrogen and oxygen atoms in total. The van der Waals surface area contributed by atoms with Crippen molar-refractivity contribution >= 4 is 5.91 Å². The van der Waals surface area contributed by atoms with Gasteiger partial charge in [-0.1, -0.05) is 207 Å². The van der Waals surface area contributed by atoms with Crippen LogP contribution in [0.2, 0.25) is 0 Å². The van der Waals surface area contributed by atoms with Crippen LogP contribution in [0.4, 0.5) is 0 Å². The molecule has 0 aromatic carbocycles. The molecule has 0 aliphatic carbocycles. The van der Waals surface area contributed by atoms with Crippen molar-refractivity contribution in [2.45, 2.75) is 199 Å². The van der Waals surface area contributed by atoms with Gasteiger partial charge in [0, 0.05) is 6.42 Å². The Morgan fingerprint density at radius 1 is 0.455 bits per heavy atom. The molecule has 0 saturated carbocycles. The summed E-state index contributed by atoms with van der Waals surface area (Å²) in [6.45, 7) is 4.12. The van der Waals surface area contributed by atoms with E-state index in [4.69, 9.17) is 0 Å². The minimum Gasteiger partial charge on any atom is -0.394 e. The Morgan fingerprint density at radius 2 is 0.800 bits per heavy atom. The van der Waals surface area contributed by atoms with Crippen molar-refractivity contribution in [1.29, 1.82) is 0 Å². The number of rotatable bonds is 39. The van der Waals surface area contributed by atoms with Gasteiger partial charge in [0.1, 0.15) is 0 Å². The number of unbranched alkanes of at least 4 members (excludes halogenated alkanes) is 14. The van der Waals surface area contributed by atoms with Gasteiger partial charge in [0.2, 0.25) is 5.91 Å². The molecule has 0 fully saturated rings. The molecular formula is C51H85NO3. The van der Waals surface area contributed by atoms with E-state index in [1.54, 1.807) is 0 Å². The molecule has 4 heteroatoms. The fourth-order valence-electron chi connectivity index (χ4n) is 6.12. The number of aliphatic hydroxyl groups excluding tert-OH is 2. The van der Waals surface area contributed by atoms with E-state index in [2.05, 4.69) is 129 Å². The second-order valence-electron chi connectivity index (χ2n) is 14.7. The Bertz CT molecular complexity index is 1090. The number of amides is 1. The van der Waals surface area contributed by atoms with E-state index >= 15 is 0 Å². The van der Waals surface area contributed by atoms with Crippen LogP contribution in [0.15, 0.2) is 109 Å². The zero-order valence-electron chi connectivity index (χ0n) is 35.6. The summed E-state index contributed by atoms with van der Waals surface area (Å²) in [7, 11) is 0. The Morgan fingerprint density at radius 3 is 1.18 bits per heavy atom. The molecule has 0 saturated heterocycles. The molecule has 0 heterocycles. The maximum Gasteiger partial charge on any atom is 0.220 e. The van der Waals surface area contributed by atoms with Gasteiger partial charge in [0.25, 0.3) is 0 Å². The summed E-state index contributed by atoms with van der Waals surface area (Å²) < 4.78 is 0. The first-order chi connectivity index (χ1) is 27.2. The van der Waals surface area contributed by atoms with Crippen molar-refractivity contribution in [3.05, 3.63) is 109 Å². The van der Waals surface area contributed by atoms with Crippen molar-refractivity contribution < 1.29 is 15.0 Å².